The van der Waals surface area contributed by atoms with E-state index in [1.165, 1.54) is 0 Å². The quantitative estimate of drug-likeness (QED) is 0.193. The van der Waals surface area contributed by atoms with Crippen molar-refractivity contribution in [2.75, 3.05) is 0 Å². The third-order valence-electron chi connectivity index (χ3n) is 5.34. The summed E-state index contributed by atoms with van der Waals surface area (Å²) in [5.41, 5.74) is -2.84. The van der Waals surface area contributed by atoms with Crippen LogP contribution in [0, 0.1) is 11.3 Å². The van der Waals surface area contributed by atoms with Gasteiger partial charge in [0.1, 0.15) is 16.1 Å². The summed E-state index contributed by atoms with van der Waals surface area (Å²) >= 11 is 0. The minimum absolute atomic E-state index is 0.180. The highest BCUT2D eigenvalue weighted by atomic mass is 28.4. The fourth-order valence-electron chi connectivity index (χ4n) is 3.30. The summed E-state index contributed by atoms with van der Waals surface area (Å²) in [5, 5.41) is 8.92. The summed E-state index contributed by atoms with van der Waals surface area (Å²) in [6.07, 6.45) is 1.69. The van der Waals surface area contributed by atoms with Crippen molar-refractivity contribution in [1.82, 2.24) is 0 Å². The molecule has 0 heterocycles. The lowest BCUT2D eigenvalue weighted by atomic mass is 9.67. The van der Waals surface area contributed by atoms with Gasteiger partial charge in [-0.15, -0.1) is 0 Å². The molecule has 0 spiro atoms. The Morgan fingerprint density at radius 2 is 1.43 bits per heavy atom. The lowest BCUT2D eigenvalue weighted by Gasteiger charge is -2.59. The zero-order valence-corrected chi connectivity index (χ0v) is 26.3. The van der Waals surface area contributed by atoms with Crippen LogP contribution in [0.3, 0.4) is 0 Å². The summed E-state index contributed by atoms with van der Waals surface area (Å²) < 4.78 is 25.3. The van der Waals surface area contributed by atoms with E-state index in [-0.39, 0.29) is 5.92 Å². The second-order valence-electron chi connectivity index (χ2n) is 10.6. The Bertz CT molecular complexity index is 638. The molecule has 176 valence electrons. The SMILES string of the molecule is CC(C)C(C)(C)C(C)(O[Si](C)(C)C)C(OC(=O)/C=C/C(=O)O)(O[Si](C)(C)C)[SiH2]O[SiH3]. The molecule has 0 aromatic heterocycles. The molecule has 2 unspecified atom stereocenters. The maximum atomic E-state index is 12.7. The van der Waals surface area contributed by atoms with Crippen molar-refractivity contribution in [3.8, 4) is 0 Å². The Kier molecular flexibility index (Phi) is 10.2. The first kappa shape index (κ1) is 29.4. The summed E-state index contributed by atoms with van der Waals surface area (Å²) in [7, 11) is -5.49. The molecule has 0 amide bonds. The Hall–Kier alpha value is -0.572. The molecule has 30 heavy (non-hydrogen) atoms. The molecule has 0 aliphatic rings. The summed E-state index contributed by atoms with van der Waals surface area (Å²) in [6, 6.07) is 0. The smallest absolute Gasteiger partial charge is 0.333 e. The van der Waals surface area contributed by atoms with Gasteiger partial charge in [-0.1, -0.05) is 27.7 Å². The lowest BCUT2D eigenvalue weighted by Crippen LogP contribution is -2.73. The zero-order valence-electron chi connectivity index (χ0n) is 20.8. The second-order valence-corrected chi connectivity index (χ2v) is 23.0. The topological polar surface area (TPSA) is 91.3 Å². The number of carbonyl (C=O) groups is 2. The van der Waals surface area contributed by atoms with Gasteiger partial charge in [0, 0.05) is 17.6 Å². The molecule has 0 aromatic carbocycles. The Labute approximate surface area is 189 Å². The first-order valence-corrected chi connectivity index (χ1v) is 19.2. The van der Waals surface area contributed by atoms with Crippen LogP contribution in [0.25, 0.3) is 0 Å². The van der Waals surface area contributed by atoms with Crippen LogP contribution >= 0.6 is 0 Å². The van der Waals surface area contributed by atoms with Crippen LogP contribution in [0.5, 0.6) is 0 Å². The van der Waals surface area contributed by atoms with E-state index in [2.05, 4.69) is 47.3 Å². The van der Waals surface area contributed by atoms with Gasteiger partial charge >= 0.3 is 11.9 Å². The highest BCUT2D eigenvalue weighted by Crippen LogP contribution is 2.51. The standard InChI is InChI=1S/C19H42O7Si4/c1-14(2)17(3,4)18(5,24-29(6,7)8)19(28-26-27,25-30(9,10)11)23-16(22)13-12-15(20)21/h12-14H,28H2,1-11,27H3,(H,20,21)/b13-12+. The zero-order chi connectivity index (χ0) is 24.2. The first-order valence-electron chi connectivity index (χ1n) is 10.3. The largest absolute Gasteiger partial charge is 0.478 e. The molecule has 0 radical (unpaired) electrons. The van der Waals surface area contributed by atoms with Gasteiger partial charge in [-0.05, 0) is 52.1 Å². The van der Waals surface area contributed by atoms with Crippen molar-refractivity contribution >= 4 is 48.8 Å². The number of aliphatic carboxylic acids is 1. The van der Waals surface area contributed by atoms with Gasteiger partial charge < -0.3 is 22.8 Å². The van der Waals surface area contributed by atoms with Crippen LogP contribution in [0.2, 0.25) is 39.3 Å². The summed E-state index contributed by atoms with van der Waals surface area (Å²) in [5.74, 6) is -1.81. The summed E-state index contributed by atoms with van der Waals surface area (Å²) in [4.78, 5) is 23.6. The number of carbonyl (C=O) groups excluding carboxylic acids is 1. The molecule has 0 rings (SSSR count). The van der Waals surface area contributed by atoms with Gasteiger partial charge in [0.25, 0.3) is 0 Å². The number of carboxylic acids is 1. The maximum Gasteiger partial charge on any atom is 0.333 e. The van der Waals surface area contributed by atoms with Crippen LogP contribution in [-0.4, -0.2) is 64.9 Å². The average Bonchev–Trinajstić information content (AvgIpc) is 2.49. The number of hydrogen-bond donors (Lipinski definition) is 1. The van der Waals surface area contributed by atoms with Gasteiger partial charge in [-0.3, -0.25) is 0 Å². The van der Waals surface area contributed by atoms with Gasteiger partial charge in [0.15, 0.2) is 16.6 Å². The maximum absolute atomic E-state index is 12.7. The monoisotopic (exact) mass is 494 g/mol. The molecule has 0 fully saturated rings. The molecule has 0 aliphatic heterocycles. The fourth-order valence-corrected chi connectivity index (χ4v) is 10.4. The van der Waals surface area contributed by atoms with Gasteiger partial charge in [-0.2, -0.15) is 0 Å². The summed E-state index contributed by atoms with van der Waals surface area (Å²) in [6.45, 7) is 22.8. The van der Waals surface area contributed by atoms with E-state index in [1.807, 2.05) is 26.6 Å². The van der Waals surface area contributed by atoms with E-state index in [0.717, 1.165) is 12.2 Å². The van der Waals surface area contributed by atoms with Gasteiger partial charge in [-0.25, -0.2) is 9.59 Å². The van der Waals surface area contributed by atoms with E-state index in [9.17, 15) is 9.59 Å². The molecule has 7 nitrogen and oxygen atoms in total. The van der Waals surface area contributed by atoms with Gasteiger partial charge in [0.05, 0.1) is 0 Å². The highest BCUT2D eigenvalue weighted by Gasteiger charge is 2.64. The molecular weight excluding hydrogens is 453 g/mol. The average molecular weight is 495 g/mol. The van der Waals surface area contributed by atoms with Crippen LogP contribution in [0.15, 0.2) is 12.2 Å². The second kappa shape index (κ2) is 10.4. The normalized spacial score (nSPS) is 18.1. The molecule has 2 atom stereocenters. The lowest BCUT2D eigenvalue weighted by molar-refractivity contribution is -0.257. The number of rotatable bonds is 12. The number of carboxylic acid groups (broad SMARTS) is 1. The van der Waals surface area contributed by atoms with Crippen LogP contribution in [0.4, 0.5) is 0 Å². The van der Waals surface area contributed by atoms with E-state index in [1.54, 1.807) is 0 Å². The molecule has 11 heteroatoms. The third-order valence-corrected chi connectivity index (χ3v) is 10.1. The van der Waals surface area contributed by atoms with Crippen molar-refractivity contribution in [3.05, 3.63) is 12.2 Å². The molecule has 0 aromatic rings. The Morgan fingerprint density at radius 1 is 0.967 bits per heavy atom. The van der Waals surface area contributed by atoms with Crippen LogP contribution in [0.1, 0.15) is 34.6 Å². The highest BCUT2D eigenvalue weighted by molar-refractivity contribution is 6.71. The molecule has 0 aliphatic carbocycles. The van der Waals surface area contributed by atoms with E-state index in [4.69, 9.17) is 22.8 Å². The number of ether oxygens (including phenoxy) is 1. The molecule has 0 saturated carbocycles. The van der Waals surface area contributed by atoms with E-state index in [0.29, 0.717) is 10.5 Å². The van der Waals surface area contributed by atoms with E-state index < -0.39 is 54.8 Å². The molecule has 1 N–H and O–H groups in total. The Balaban J connectivity index is 6.93. The molecule has 0 bridgehead atoms. The van der Waals surface area contributed by atoms with E-state index >= 15 is 0 Å². The van der Waals surface area contributed by atoms with Crippen molar-refractivity contribution < 1.29 is 32.4 Å². The fraction of sp³-hybridized carbons (Fsp3) is 0.789. The Morgan fingerprint density at radius 3 is 1.77 bits per heavy atom. The first-order chi connectivity index (χ1) is 13.2. The van der Waals surface area contributed by atoms with Gasteiger partial charge in [0.2, 0.25) is 15.2 Å². The number of esters is 1. The molecular formula is C19H42O7Si4. The van der Waals surface area contributed by atoms with Crippen LogP contribution < -0.4 is 0 Å². The van der Waals surface area contributed by atoms with Crippen molar-refractivity contribution in [1.29, 1.82) is 0 Å². The van der Waals surface area contributed by atoms with Crippen LogP contribution in [-0.2, 0) is 27.3 Å². The number of hydrogen-bond acceptors (Lipinski definition) is 6. The van der Waals surface area contributed by atoms with Crippen molar-refractivity contribution in [2.24, 2.45) is 11.3 Å². The molecule has 0 saturated heterocycles. The van der Waals surface area contributed by atoms with Crippen molar-refractivity contribution in [2.45, 2.75) is 84.9 Å². The predicted octanol–water partition coefficient (Wildman–Crippen LogP) is 2.35. The minimum atomic E-state index is -2.25. The van der Waals surface area contributed by atoms with Crippen molar-refractivity contribution in [3.63, 3.8) is 0 Å². The minimum Gasteiger partial charge on any atom is -0.478 e. The third kappa shape index (κ3) is 7.84. The predicted molar refractivity (Wildman–Crippen MR) is 131 cm³/mol.